The molecule has 4 aliphatic rings. The molecule has 0 amide bonds. The van der Waals surface area contributed by atoms with E-state index in [1.807, 2.05) is 91.0 Å². The van der Waals surface area contributed by atoms with E-state index in [1.165, 1.54) is 4.57 Å². The normalized spacial score (nSPS) is 24.7. The Morgan fingerprint density at radius 2 is 0.967 bits per heavy atom. The van der Waals surface area contributed by atoms with Crippen LogP contribution in [0.15, 0.2) is 119 Å². The van der Waals surface area contributed by atoms with E-state index in [9.17, 15) is 25.1 Å². The quantitative estimate of drug-likeness (QED) is 0.190. The molecular weight excluding hydrogens is 785 g/mol. The van der Waals surface area contributed by atoms with Crippen LogP contribution in [0.25, 0.3) is 21.8 Å². The summed E-state index contributed by atoms with van der Waals surface area (Å²) in [6.45, 7) is 1.67. The van der Waals surface area contributed by atoms with Gasteiger partial charge in [0.1, 0.15) is 60.6 Å². The lowest BCUT2D eigenvalue weighted by molar-refractivity contribution is 0.00205. The first-order valence-corrected chi connectivity index (χ1v) is 19.7. The van der Waals surface area contributed by atoms with Crippen LogP contribution in [0.5, 0.6) is 11.5 Å². The molecule has 1 unspecified atom stereocenters. The van der Waals surface area contributed by atoms with Crippen molar-refractivity contribution in [3.05, 3.63) is 152 Å². The summed E-state index contributed by atoms with van der Waals surface area (Å²) in [7, 11) is 0. The first-order chi connectivity index (χ1) is 29.7. The molecule has 312 valence electrons. The molecule has 8 atom stereocenters. The zero-order valence-corrected chi connectivity index (χ0v) is 32.7. The minimum atomic E-state index is -0.699. The second kappa shape index (κ2) is 18.1. The fourth-order valence-corrected chi connectivity index (χ4v) is 8.09. The topological polar surface area (TPSA) is 219 Å². The standard InChI is InChI=1S/C23H20N2O5.C17H12N2O2.C6H10O4/c24-10-16-20(30-19-13-29-21-18(26)12-28-22(19)21)15-8-4-5-9-17(15)25(23(16)27)11-14-6-2-1-3-7-14;18-10-14-16(20)13-8-4-5-9-15(13)19(17(14)21)11-12-6-2-1-3-7-12;7-3-1-9-6-4(8)2-10-5(3)6/h1-9,18-19,21-22,26H,11-13H2;1-9,20H,11H2;3-8H,1-2H2/t18-,19?,21+,22+;;3-,4+,5-,6-/m0.1/s1. The number of rotatable bonds is 6. The number of para-hydroxylation sites is 2. The lowest BCUT2D eigenvalue weighted by Gasteiger charge is -2.21. The molecule has 4 N–H and O–H groups in total. The first-order valence-electron chi connectivity index (χ1n) is 19.7. The van der Waals surface area contributed by atoms with Gasteiger partial charge in [0.15, 0.2) is 23.0 Å². The minimum Gasteiger partial charge on any atom is -0.506 e. The van der Waals surface area contributed by atoms with Crippen molar-refractivity contribution in [2.24, 2.45) is 0 Å². The maximum atomic E-state index is 13.3. The Morgan fingerprint density at radius 3 is 1.49 bits per heavy atom. The van der Waals surface area contributed by atoms with Gasteiger partial charge in [0, 0.05) is 10.8 Å². The van der Waals surface area contributed by atoms with E-state index in [0.717, 1.165) is 11.1 Å². The number of aliphatic hydroxyl groups is 3. The Balaban J connectivity index is 0.000000143. The zero-order valence-electron chi connectivity index (χ0n) is 32.7. The van der Waals surface area contributed by atoms with Crippen LogP contribution >= 0.6 is 0 Å². The van der Waals surface area contributed by atoms with Gasteiger partial charge in [-0.15, -0.1) is 0 Å². The van der Waals surface area contributed by atoms with Gasteiger partial charge in [-0.1, -0.05) is 84.9 Å². The van der Waals surface area contributed by atoms with Gasteiger partial charge in [0.05, 0.1) is 50.6 Å². The van der Waals surface area contributed by atoms with Crippen molar-refractivity contribution in [2.75, 3.05) is 26.4 Å². The van der Waals surface area contributed by atoms with Crippen LogP contribution < -0.4 is 15.9 Å². The van der Waals surface area contributed by atoms with Gasteiger partial charge in [-0.25, -0.2) is 0 Å². The summed E-state index contributed by atoms with van der Waals surface area (Å²) in [4.78, 5) is 25.7. The summed E-state index contributed by atoms with van der Waals surface area (Å²) in [5.41, 5.74) is 2.07. The van der Waals surface area contributed by atoms with Gasteiger partial charge in [-0.2, -0.15) is 10.5 Å². The molecule has 0 saturated carbocycles. The van der Waals surface area contributed by atoms with Crippen molar-refractivity contribution in [1.29, 1.82) is 10.5 Å². The molecule has 0 radical (unpaired) electrons. The summed E-state index contributed by atoms with van der Waals surface area (Å²) in [5.74, 6) is -0.0101. The third-order valence-electron chi connectivity index (χ3n) is 11.1. The van der Waals surface area contributed by atoms with Gasteiger partial charge >= 0.3 is 0 Å². The maximum Gasteiger partial charge on any atom is 0.273 e. The summed E-state index contributed by atoms with van der Waals surface area (Å²) in [6, 6.07) is 37.4. The van der Waals surface area contributed by atoms with E-state index in [4.69, 9.17) is 39.2 Å². The Labute approximate surface area is 349 Å². The van der Waals surface area contributed by atoms with Crippen LogP contribution in [-0.2, 0) is 32.0 Å². The van der Waals surface area contributed by atoms with Crippen LogP contribution in [0.1, 0.15) is 22.3 Å². The van der Waals surface area contributed by atoms with Crippen molar-refractivity contribution in [2.45, 2.75) is 61.9 Å². The molecule has 0 aliphatic carbocycles. The minimum absolute atomic E-state index is 0.0494. The molecule has 4 saturated heterocycles. The number of pyridine rings is 2. The lowest BCUT2D eigenvalue weighted by Crippen LogP contribution is -2.35. The van der Waals surface area contributed by atoms with Crippen molar-refractivity contribution in [3.63, 3.8) is 0 Å². The van der Waals surface area contributed by atoms with Crippen molar-refractivity contribution in [3.8, 4) is 23.6 Å². The first kappa shape index (κ1) is 41.3. The summed E-state index contributed by atoms with van der Waals surface area (Å²) in [6.07, 6.45) is -3.79. The van der Waals surface area contributed by atoms with E-state index in [1.54, 1.807) is 34.9 Å². The van der Waals surface area contributed by atoms with Gasteiger partial charge in [-0.3, -0.25) is 9.59 Å². The molecule has 4 fully saturated rings. The molecule has 6 aromatic rings. The van der Waals surface area contributed by atoms with Crippen LogP contribution in [0.3, 0.4) is 0 Å². The molecule has 2 aromatic heterocycles. The number of benzene rings is 4. The average Bonchev–Trinajstić information content (AvgIpc) is 4.07. The number of hydrogen-bond acceptors (Lipinski definition) is 13. The largest absolute Gasteiger partial charge is 0.506 e. The van der Waals surface area contributed by atoms with E-state index < -0.39 is 47.7 Å². The number of hydrogen-bond donors (Lipinski definition) is 4. The molecule has 6 heterocycles. The molecular formula is C46H42N4O11. The van der Waals surface area contributed by atoms with Crippen molar-refractivity contribution >= 4 is 21.8 Å². The number of aromatic nitrogens is 2. The van der Waals surface area contributed by atoms with E-state index in [-0.39, 0.29) is 61.3 Å². The molecule has 15 nitrogen and oxygen atoms in total. The van der Waals surface area contributed by atoms with E-state index in [0.29, 0.717) is 34.9 Å². The summed E-state index contributed by atoms with van der Waals surface area (Å²) < 4.78 is 30.7. The molecule has 61 heavy (non-hydrogen) atoms. The Bertz CT molecular complexity index is 2710. The molecule has 4 aliphatic heterocycles. The Kier molecular flexibility index (Phi) is 12.2. The number of nitriles is 2. The fraction of sp³-hybridized carbons (Fsp3) is 0.304. The summed E-state index contributed by atoms with van der Waals surface area (Å²) >= 11 is 0. The molecule has 0 bridgehead atoms. The molecule has 10 rings (SSSR count). The average molecular weight is 827 g/mol. The SMILES string of the molecule is N#Cc1c(O)c2ccccc2n(Cc2ccccc2)c1=O.N#Cc1c(OC2CO[C@H]3[C@@H]2OC[C@@H]3O)c2ccccc2n(Cc2ccccc2)c1=O.O[C@@H]1CO[C@H]2[C@@H]1OC[C@@H]2O. The third-order valence-corrected chi connectivity index (χ3v) is 11.1. The van der Waals surface area contributed by atoms with Crippen LogP contribution in [0.2, 0.25) is 0 Å². The van der Waals surface area contributed by atoms with Crippen LogP contribution in [-0.4, -0.2) is 105 Å². The Morgan fingerprint density at radius 1 is 0.557 bits per heavy atom. The lowest BCUT2D eigenvalue weighted by atomic mass is 10.1. The van der Waals surface area contributed by atoms with Gasteiger partial charge in [0.2, 0.25) is 0 Å². The van der Waals surface area contributed by atoms with Crippen LogP contribution in [0, 0.1) is 22.7 Å². The molecule has 15 heteroatoms. The van der Waals surface area contributed by atoms with Crippen LogP contribution in [0.4, 0.5) is 0 Å². The number of nitrogens with zero attached hydrogens (tertiary/aromatic N) is 4. The van der Waals surface area contributed by atoms with E-state index >= 15 is 0 Å². The number of ether oxygens (including phenoxy) is 5. The fourth-order valence-electron chi connectivity index (χ4n) is 8.09. The maximum absolute atomic E-state index is 13.3. The number of aromatic hydroxyl groups is 1. The van der Waals surface area contributed by atoms with Crippen molar-refractivity contribution < 1.29 is 44.1 Å². The van der Waals surface area contributed by atoms with Crippen molar-refractivity contribution in [1.82, 2.24) is 9.13 Å². The zero-order chi connectivity index (χ0) is 42.6. The highest BCUT2D eigenvalue weighted by molar-refractivity contribution is 5.88. The molecule has 4 aromatic carbocycles. The molecule has 0 spiro atoms. The highest BCUT2D eigenvalue weighted by Gasteiger charge is 2.49. The predicted molar refractivity (Wildman–Crippen MR) is 220 cm³/mol. The van der Waals surface area contributed by atoms with Gasteiger partial charge < -0.3 is 53.2 Å². The number of aliphatic hydroxyl groups excluding tert-OH is 3. The second-order valence-electron chi connectivity index (χ2n) is 15.0. The highest BCUT2D eigenvalue weighted by atomic mass is 16.6. The number of fused-ring (bicyclic) bond motifs is 4. The van der Waals surface area contributed by atoms with Gasteiger partial charge in [-0.05, 0) is 35.4 Å². The predicted octanol–water partition coefficient (Wildman–Crippen LogP) is 2.96. The smallest absolute Gasteiger partial charge is 0.273 e. The summed E-state index contributed by atoms with van der Waals surface area (Å²) in [5, 5.41) is 58.5. The van der Waals surface area contributed by atoms with E-state index in [2.05, 4.69) is 0 Å². The second-order valence-corrected chi connectivity index (χ2v) is 15.0. The highest BCUT2D eigenvalue weighted by Crippen LogP contribution is 2.34. The third kappa shape index (κ3) is 8.24. The monoisotopic (exact) mass is 826 g/mol. The Hall–Kier alpha value is -6.40. The van der Waals surface area contributed by atoms with Gasteiger partial charge in [0.25, 0.3) is 11.1 Å².